The first-order valence-corrected chi connectivity index (χ1v) is 6.04. The molecule has 1 aromatic heterocycles. The minimum Gasteiger partial charge on any atom is -0.478 e. The molecular weight excluding hydrogens is 260 g/mol. The van der Waals surface area contributed by atoms with Crippen LogP contribution in [0.2, 0.25) is 5.02 Å². The highest BCUT2D eigenvalue weighted by atomic mass is 35.5. The predicted molar refractivity (Wildman–Crippen MR) is 68.5 cm³/mol. The number of thiazole rings is 1. The van der Waals surface area contributed by atoms with Crippen LogP contribution in [0.1, 0.15) is 16.1 Å². The van der Waals surface area contributed by atoms with E-state index in [0.29, 0.717) is 5.69 Å². The second-order valence-corrected chi connectivity index (χ2v) is 4.68. The first kappa shape index (κ1) is 11.9. The number of anilines is 2. The van der Waals surface area contributed by atoms with Crippen molar-refractivity contribution in [3.8, 4) is 0 Å². The third kappa shape index (κ3) is 2.75. The fraction of sp³-hybridized carbons (Fsp3) is 0.0909. The first-order chi connectivity index (χ1) is 8.06. The topological polar surface area (TPSA) is 62.2 Å². The number of rotatable bonds is 3. The average molecular weight is 269 g/mol. The lowest BCUT2D eigenvalue weighted by Crippen LogP contribution is -1.99. The highest BCUT2D eigenvalue weighted by Gasteiger charge is 2.09. The fourth-order valence-electron chi connectivity index (χ4n) is 1.30. The van der Waals surface area contributed by atoms with Crippen molar-refractivity contribution < 1.29 is 9.90 Å². The quantitative estimate of drug-likeness (QED) is 0.894. The summed E-state index contributed by atoms with van der Waals surface area (Å²) >= 11 is 7.24. The van der Waals surface area contributed by atoms with Crippen LogP contribution in [0.3, 0.4) is 0 Å². The zero-order chi connectivity index (χ0) is 12.4. The van der Waals surface area contributed by atoms with Crippen molar-refractivity contribution in [2.24, 2.45) is 0 Å². The van der Waals surface area contributed by atoms with E-state index in [1.807, 2.05) is 12.3 Å². The van der Waals surface area contributed by atoms with Crippen LogP contribution in [0.5, 0.6) is 0 Å². The van der Waals surface area contributed by atoms with E-state index in [0.717, 1.165) is 10.8 Å². The van der Waals surface area contributed by atoms with Gasteiger partial charge in [-0.05, 0) is 25.1 Å². The van der Waals surface area contributed by atoms with Crippen molar-refractivity contribution in [1.82, 2.24) is 4.98 Å². The third-order valence-electron chi connectivity index (χ3n) is 2.07. The van der Waals surface area contributed by atoms with Crippen LogP contribution >= 0.6 is 22.9 Å². The van der Waals surface area contributed by atoms with Gasteiger partial charge in [-0.15, -0.1) is 11.3 Å². The summed E-state index contributed by atoms with van der Waals surface area (Å²) in [5.74, 6) is -1.05. The molecule has 2 N–H and O–H groups in total. The van der Waals surface area contributed by atoms with E-state index in [1.54, 1.807) is 12.1 Å². The molecule has 0 radical (unpaired) electrons. The lowest BCUT2D eigenvalue weighted by Gasteiger charge is -2.05. The van der Waals surface area contributed by atoms with Gasteiger partial charge in [0.2, 0.25) is 0 Å². The lowest BCUT2D eigenvalue weighted by atomic mass is 10.2. The number of aromatic carboxylic acids is 1. The van der Waals surface area contributed by atoms with Gasteiger partial charge in [0.05, 0.1) is 16.3 Å². The summed E-state index contributed by atoms with van der Waals surface area (Å²) in [6, 6.07) is 4.75. The number of hydrogen-bond acceptors (Lipinski definition) is 4. The van der Waals surface area contributed by atoms with E-state index in [2.05, 4.69) is 10.3 Å². The van der Waals surface area contributed by atoms with Crippen molar-refractivity contribution in [2.75, 3.05) is 5.32 Å². The van der Waals surface area contributed by atoms with Gasteiger partial charge in [0.1, 0.15) is 0 Å². The van der Waals surface area contributed by atoms with Crippen molar-refractivity contribution in [3.05, 3.63) is 39.9 Å². The Hall–Kier alpha value is -1.59. The Morgan fingerprint density at radius 2 is 2.29 bits per heavy atom. The van der Waals surface area contributed by atoms with Crippen LogP contribution in [0.25, 0.3) is 0 Å². The maximum Gasteiger partial charge on any atom is 0.337 e. The Morgan fingerprint density at radius 1 is 1.53 bits per heavy atom. The first-order valence-electron chi connectivity index (χ1n) is 4.78. The molecule has 6 heteroatoms. The molecule has 0 saturated carbocycles. The van der Waals surface area contributed by atoms with Gasteiger partial charge in [0.15, 0.2) is 5.13 Å². The number of benzene rings is 1. The number of nitrogens with one attached hydrogen (secondary N) is 1. The molecule has 1 aromatic carbocycles. The Kier molecular flexibility index (Phi) is 3.31. The summed E-state index contributed by atoms with van der Waals surface area (Å²) in [6.07, 6.45) is 0. The van der Waals surface area contributed by atoms with E-state index in [9.17, 15) is 4.79 Å². The average Bonchev–Trinajstić information content (AvgIpc) is 2.66. The van der Waals surface area contributed by atoms with Crippen molar-refractivity contribution >= 4 is 39.7 Å². The van der Waals surface area contributed by atoms with Gasteiger partial charge in [0, 0.05) is 11.1 Å². The molecule has 0 aliphatic carbocycles. The fourth-order valence-corrected chi connectivity index (χ4v) is 2.21. The number of carboxylic acids is 1. The smallest absolute Gasteiger partial charge is 0.337 e. The van der Waals surface area contributed by atoms with E-state index >= 15 is 0 Å². The molecule has 0 aliphatic rings. The molecule has 0 atom stereocenters. The van der Waals surface area contributed by atoms with Crippen LogP contribution in [0, 0.1) is 6.92 Å². The number of carbonyl (C=O) groups is 1. The van der Waals surface area contributed by atoms with E-state index in [1.165, 1.54) is 17.4 Å². The summed E-state index contributed by atoms with van der Waals surface area (Å²) in [5.41, 5.74) is 1.65. The van der Waals surface area contributed by atoms with Crippen molar-refractivity contribution in [1.29, 1.82) is 0 Å². The summed E-state index contributed by atoms with van der Waals surface area (Å²) in [4.78, 5) is 15.1. The molecule has 17 heavy (non-hydrogen) atoms. The summed E-state index contributed by atoms with van der Waals surface area (Å²) in [6.45, 7) is 1.90. The Morgan fingerprint density at radius 3 is 2.88 bits per heavy atom. The zero-order valence-electron chi connectivity index (χ0n) is 8.90. The SMILES string of the molecule is Cc1csc(Nc2ccc(Cl)c(C(=O)O)c2)n1. The van der Waals surface area contributed by atoms with Crippen LogP contribution in [-0.4, -0.2) is 16.1 Å². The Labute approximate surface area is 107 Å². The molecule has 2 rings (SSSR count). The van der Waals surface area contributed by atoms with Gasteiger partial charge in [-0.3, -0.25) is 0 Å². The van der Waals surface area contributed by atoms with E-state index < -0.39 is 5.97 Å². The minimum atomic E-state index is -1.05. The summed E-state index contributed by atoms with van der Waals surface area (Å²) in [7, 11) is 0. The zero-order valence-corrected chi connectivity index (χ0v) is 10.5. The number of hydrogen-bond donors (Lipinski definition) is 2. The monoisotopic (exact) mass is 268 g/mol. The molecule has 88 valence electrons. The molecule has 0 aliphatic heterocycles. The number of nitrogens with zero attached hydrogens (tertiary/aromatic N) is 1. The molecule has 0 bridgehead atoms. The van der Waals surface area contributed by atoms with Gasteiger partial charge < -0.3 is 10.4 Å². The van der Waals surface area contributed by atoms with Crippen LogP contribution in [-0.2, 0) is 0 Å². The number of carboxylic acid groups (broad SMARTS) is 1. The second-order valence-electron chi connectivity index (χ2n) is 3.42. The summed E-state index contributed by atoms with van der Waals surface area (Å²) < 4.78 is 0. The minimum absolute atomic E-state index is 0.0740. The molecule has 1 heterocycles. The maximum absolute atomic E-state index is 10.9. The van der Waals surface area contributed by atoms with Gasteiger partial charge in [-0.25, -0.2) is 9.78 Å². The van der Waals surface area contributed by atoms with Gasteiger partial charge in [-0.1, -0.05) is 11.6 Å². The molecule has 0 saturated heterocycles. The molecule has 0 spiro atoms. The van der Waals surface area contributed by atoms with Gasteiger partial charge in [-0.2, -0.15) is 0 Å². The number of aromatic nitrogens is 1. The predicted octanol–water partition coefficient (Wildman–Crippen LogP) is 3.55. The lowest BCUT2D eigenvalue weighted by molar-refractivity contribution is 0.0697. The molecule has 4 nitrogen and oxygen atoms in total. The van der Waals surface area contributed by atoms with Crippen LogP contribution in [0.15, 0.2) is 23.6 Å². The van der Waals surface area contributed by atoms with Crippen LogP contribution in [0.4, 0.5) is 10.8 Å². The van der Waals surface area contributed by atoms with E-state index in [-0.39, 0.29) is 10.6 Å². The second kappa shape index (κ2) is 4.73. The Balaban J connectivity index is 2.28. The number of aryl methyl sites for hydroxylation is 1. The molecule has 0 fully saturated rings. The molecule has 2 aromatic rings. The highest BCUT2D eigenvalue weighted by molar-refractivity contribution is 7.13. The highest BCUT2D eigenvalue weighted by Crippen LogP contribution is 2.25. The summed E-state index contributed by atoms with van der Waals surface area (Å²) in [5, 5.41) is 14.8. The standard InChI is InChI=1S/C11H9ClN2O2S/c1-6-5-17-11(13-6)14-7-2-3-9(12)8(4-7)10(15)16/h2-5H,1H3,(H,13,14)(H,15,16). The molecular formula is C11H9ClN2O2S. The van der Waals surface area contributed by atoms with E-state index in [4.69, 9.17) is 16.7 Å². The maximum atomic E-state index is 10.9. The largest absolute Gasteiger partial charge is 0.478 e. The normalized spacial score (nSPS) is 10.2. The van der Waals surface area contributed by atoms with Gasteiger partial charge in [0.25, 0.3) is 0 Å². The van der Waals surface area contributed by atoms with Gasteiger partial charge >= 0.3 is 5.97 Å². The van der Waals surface area contributed by atoms with Crippen LogP contribution < -0.4 is 5.32 Å². The molecule has 0 unspecified atom stereocenters. The molecule has 0 amide bonds. The van der Waals surface area contributed by atoms with Crippen molar-refractivity contribution in [3.63, 3.8) is 0 Å². The van der Waals surface area contributed by atoms with Crippen molar-refractivity contribution in [2.45, 2.75) is 6.92 Å². The number of halogens is 1. The Bertz CT molecular complexity index is 568. The third-order valence-corrected chi connectivity index (χ3v) is 3.27.